The number of nitrogens with one attached hydrogen (secondary N) is 1. The molecule has 0 radical (unpaired) electrons. The summed E-state index contributed by atoms with van der Waals surface area (Å²) < 4.78 is 0.672. The Morgan fingerprint density at radius 3 is 1.50 bits per heavy atom. The van der Waals surface area contributed by atoms with Crippen molar-refractivity contribution in [1.29, 1.82) is 0 Å². The molecule has 0 bridgehead atoms. The van der Waals surface area contributed by atoms with Crippen LogP contribution in [-0.4, -0.2) is 10.6 Å². The first-order valence-electron chi connectivity index (χ1n) is 8.68. The molecule has 0 aliphatic heterocycles. The van der Waals surface area contributed by atoms with Gasteiger partial charge in [0.25, 0.3) is 0 Å². The van der Waals surface area contributed by atoms with Gasteiger partial charge in [0.15, 0.2) is 0 Å². The topological polar surface area (TPSA) is 12.0 Å². The molecule has 0 aromatic rings. The summed E-state index contributed by atoms with van der Waals surface area (Å²) in [5.41, 5.74) is 0. The predicted octanol–water partition coefficient (Wildman–Crippen LogP) is 7.07. The molecular weight excluding hydrogens is 472 g/mol. The summed E-state index contributed by atoms with van der Waals surface area (Å²) in [7, 11) is 0. The second-order valence-corrected chi connectivity index (χ2v) is 7.22. The first-order chi connectivity index (χ1) is 9.31. The van der Waals surface area contributed by atoms with E-state index in [4.69, 9.17) is 0 Å². The molecule has 1 atom stereocenters. The van der Waals surface area contributed by atoms with E-state index in [0.717, 1.165) is 0 Å². The lowest BCUT2D eigenvalue weighted by Crippen LogP contribution is -2.23. The van der Waals surface area contributed by atoms with Crippen molar-refractivity contribution >= 4 is 46.6 Å². The number of rotatable bonds is 15. The van der Waals surface area contributed by atoms with Crippen LogP contribution in [0.25, 0.3) is 0 Å². The summed E-state index contributed by atoms with van der Waals surface area (Å²) in [5.74, 6) is 0. The van der Waals surface area contributed by atoms with Gasteiger partial charge >= 0.3 is 0 Å². The van der Waals surface area contributed by atoms with E-state index in [-0.39, 0.29) is 24.0 Å². The van der Waals surface area contributed by atoms with Crippen molar-refractivity contribution in [3.05, 3.63) is 0 Å². The minimum atomic E-state index is 0. The standard InChI is InChI=1S/C17H36IN.HI/c1-3-5-6-7-8-9-10-11-12-13-14-15-16-19-17(18)4-2;/h17,19H,3-16H2,1-2H3;1H. The van der Waals surface area contributed by atoms with Gasteiger partial charge in [-0.3, -0.25) is 0 Å². The van der Waals surface area contributed by atoms with Crippen LogP contribution in [0.15, 0.2) is 0 Å². The monoisotopic (exact) mass is 509 g/mol. The van der Waals surface area contributed by atoms with Crippen LogP contribution in [0.1, 0.15) is 97.3 Å². The van der Waals surface area contributed by atoms with Crippen LogP contribution in [-0.2, 0) is 0 Å². The highest BCUT2D eigenvalue weighted by Gasteiger charge is 1.97. The van der Waals surface area contributed by atoms with E-state index >= 15 is 0 Å². The van der Waals surface area contributed by atoms with Crippen LogP contribution in [0.3, 0.4) is 0 Å². The fourth-order valence-corrected chi connectivity index (χ4v) is 2.68. The maximum absolute atomic E-state index is 3.55. The zero-order valence-electron chi connectivity index (χ0n) is 13.8. The molecule has 0 saturated heterocycles. The first kappa shape index (κ1) is 23.7. The molecular formula is C17H37I2N. The highest BCUT2D eigenvalue weighted by Crippen LogP contribution is 2.11. The molecule has 0 saturated carbocycles. The van der Waals surface area contributed by atoms with E-state index in [1.54, 1.807) is 0 Å². The van der Waals surface area contributed by atoms with E-state index in [1.165, 1.54) is 90.0 Å². The third-order valence-electron chi connectivity index (χ3n) is 3.75. The normalized spacial score (nSPS) is 12.2. The summed E-state index contributed by atoms with van der Waals surface area (Å²) >= 11 is 2.49. The lowest BCUT2D eigenvalue weighted by molar-refractivity contribution is 0.533. The molecule has 0 heterocycles. The Morgan fingerprint density at radius 2 is 1.10 bits per heavy atom. The van der Waals surface area contributed by atoms with Gasteiger partial charge < -0.3 is 5.32 Å². The lowest BCUT2D eigenvalue weighted by Gasteiger charge is -2.09. The third-order valence-corrected chi connectivity index (χ3v) is 5.08. The largest absolute Gasteiger partial charge is 0.306 e. The average Bonchev–Trinajstić information content (AvgIpc) is 2.43. The van der Waals surface area contributed by atoms with E-state index in [0.29, 0.717) is 4.05 Å². The molecule has 0 spiro atoms. The minimum absolute atomic E-state index is 0. The Labute approximate surface area is 159 Å². The van der Waals surface area contributed by atoms with Crippen molar-refractivity contribution in [3.8, 4) is 0 Å². The fourth-order valence-electron chi connectivity index (χ4n) is 2.37. The van der Waals surface area contributed by atoms with Crippen molar-refractivity contribution < 1.29 is 0 Å². The Morgan fingerprint density at radius 1 is 0.700 bits per heavy atom. The van der Waals surface area contributed by atoms with Crippen LogP contribution in [0, 0.1) is 0 Å². The molecule has 124 valence electrons. The van der Waals surface area contributed by atoms with Gasteiger partial charge in [0, 0.05) is 0 Å². The molecule has 1 nitrogen and oxygen atoms in total. The first-order valence-corrected chi connectivity index (χ1v) is 9.93. The number of halogens is 2. The molecule has 0 amide bonds. The second-order valence-electron chi connectivity index (χ2n) is 5.72. The minimum Gasteiger partial charge on any atom is -0.306 e. The average molecular weight is 509 g/mol. The Kier molecular flexibility index (Phi) is 24.2. The third kappa shape index (κ3) is 19.4. The van der Waals surface area contributed by atoms with Crippen molar-refractivity contribution in [3.63, 3.8) is 0 Å². The van der Waals surface area contributed by atoms with E-state index in [1.807, 2.05) is 0 Å². The molecule has 1 N–H and O–H groups in total. The second kappa shape index (κ2) is 20.4. The molecule has 3 heteroatoms. The van der Waals surface area contributed by atoms with Crippen LogP contribution >= 0.6 is 46.6 Å². The van der Waals surface area contributed by atoms with Gasteiger partial charge in [0.05, 0.1) is 4.05 Å². The maximum Gasteiger partial charge on any atom is 0.0590 e. The van der Waals surface area contributed by atoms with Gasteiger partial charge in [-0.1, -0.05) is 107 Å². The fraction of sp³-hybridized carbons (Fsp3) is 1.00. The maximum atomic E-state index is 3.55. The van der Waals surface area contributed by atoms with Gasteiger partial charge in [-0.25, -0.2) is 0 Å². The predicted molar refractivity (Wildman–Crippen MR) is 113 cm³/mol. The van der Waals surface area contributed by atoms with Crippen molar-refractivity contribution in [2.75, 3.05) is 6.54 Å². The molecule has 1 unspecified atom stereocenters. The lowest BCUT2D eigenvalue weighted by atomic mass is 10.1. The van der Waals surface area contributed by atoms with Gasteiger partial charge in [-0.2, -0.15) is 0 Å². The summed E-state index contributed by atoms with van der Waals surface area (Å²) in [6.45, 7) is 5.74. The van der Waals surface area contributed by atoms with Crippen LogP contribution in [0.5, 0.6) is 0 Å². The number of unbranched alkanes of at least 4 members (excludes halogenated alkanes) is 11. The zero-order valence-corrected chi connectivity index (χ0v) is 18.3. The number of hydrogen-bond donors (Lipinski definition) is 1. The molecule has 0 fully saturated rings. The quantitative estimate of drug-likeness (QED) is 0.108. The van der Waals surface area contributed by atoms with E-state index < -0.39 is 0 Å². The van der Waals surface area contributed by atoms with E-state index in [9.17, 15) is 0 Å². The molecule has 0 aliphatic carbocycles. The summed E-state index contributed by atoms with van der Waals surface area (Å²) in [6, 6.07) is 0. The molecule has 0 rings (SSSR count). The van der Waals surface area contributed by atoms with Gasteiger partial charge in [-0.05, 0) is 19.4 Å². The van der Waals surface area contributed by atoms with Crippen molar-refractivity contribution in [1.82, 2.24) is 5.32 Å². The summed E-state index contributed by atoms with van der Waals surface area (Å²) in [4.78, 5) is 0. The van der Waals surface area contributed by atoms with Gasteiger partial charge in [-0.15, -0.1) is 24.0 Å². The zero-order chi connectivity index (χ0) is 14.2. The van der Waals surface area contributed by atoms with Crippen molar-refractivity contribution in [2.24, 2.45) is 0 Å². The molecule has 0 aromatic heterocycles. The van der Waals surface area contributed by atoms with Crippen molar-refractivity contribution in [2.45, 2.75) is 101 Å². The summed E-state index contributed by atoms with van der Waals surface area (Å²) in [6.07, 6.45) is 18.5. The Bertz CT molecular complexity index is 165. The van der Waals surface area contributed by atoms with Gasteiger partial charge in [0.2, 0.25) is 0 Å². The molecule has 20 heavy (non-hydrogen) atoms. The highest BCUT2D eigenvalue weighted by molar-refractivity contribution is 14.1. The Hall–Kier alpha value is 1.42. The Balaban J connectivity index is 0. The molecule has 0 aromatic carbocycles. The van der Waals surface area contributed by atoms with Crippen LogP contribution < -0.4 is 5.32 Å². The summed E-state index contributed by atoms with van der Waals surface area (Å²) in [5, 5.41) is 3.55. The smallest absolute Gasteiger partial charge is 0.0590 e. The highest BCUT2D eigenvalue weighted by atomic mass is 127. The van der Waals surface area contributed by atoms with Crippen LogP contribution in [0.2, 0.25) is 0 Å². The number of hydrogen-bond acceptors (Lipinski definition) is 1. The van der Waals surface area contributed by atoms with E-state index in [2.05, 4.69) is 41.8 Å². The number of alkyl halides is 1. The SMILES string of the molecule is CCCCCCCCCCCCCCNC(I)CC.I. The molecule has 0 aliphatic rings. The van der Waals surface area contributed by atoms with Gasteiger partial charge in [0.1, 0.15) is 0 Å². The van der Waals surface area contributed by atoms with Crippen LogP contribution in [0.4, 0.5) is 0 Å².